The van der Waals surface area contributed by atoms with Gasteiger partial charge in [0.05, 0.1) is 38.3 Å². The predicted molar refractivity (Wildman–Crippen MR) is 106 cm³/mol. The Balaban J connectivity index is 2.09. The standard InChI is InChI=1S/C19H22N2O7S/c1-21(29(24,25)15-9-10-16(26-2)17(11-15)27-3)12-18(22)20-14-7-5-13(6-8-14)19(23)28-4/h5-11H,12H2,1-4H3,(H,20,22). The molecule has 2 aromatic rings. The lowest BCUT2D eigenvalue weighted by molar-refractivity contribution is -0.116. The average Bonchev–Trinajstić information content (AvgIpc) is 2.72. The van der Waals surface area contributed by atoms with Crippen LogP contribution >= 0.6 is 0 Å². The largest absolute Gasteiger partial charge is 0.493 e. The van der Waals surface area contributed by atoms with Gasteiger partial charge in [-0.05, 0) is 36.4 Å². The molecule has 2 rings (SSSR count). The van der Waals surface area contributed by atoms with E-state index in [1.54, 1.807) is 0 Å². The van der Waals surface area contributed by atoms with Gasteiger partial charge in [-0.15, -0.1) is 0 Å². The lowest BCUT2D eigenvalue weighted by Crippen LogP contribution is -2.35. The van der Waals surface area contributed by atoms with Crippen molar-refractivity contribution in [1.29, 1.82) is 0 Å². The molecule has 0 saturated heterocycles. The van der Waals surface area contributed by atoms with Crippen molar-refractivity contribution in [3.8, 4) is 11.5 Å². The van der Waals surface area contributed by atoms with E-state index in [1.807, 2.05) is 0 Å². The van der Waals surface area contributed by atoms with Gasteiger partial charge in [-0.25, -0.2) is 13.2 Å². The molecule has 10 heteroatoms. The summed E-state index contributed by atoms with van der Waals surface area (Å²) in [6.07, 6.45) is 0. The van der Waals surface area contributed by atoms with E-state index in [0.29, 0.717) is 17.0 Å². The zero-order chi connectivity index (χ0) is 21.6. The van der Waals surface area contributed by atoms with Crippen LogP contribution < -0.4 is 14.8 Å². The minimum absolute atomic E-state index is 0.0344. The number of carbonyl (C=O) groups excluding carboxylic acids is 2. The highest BCUT2D eigenvalue weighted by atomic mass is 32.2. The first-order chi connectivity index (χ1) is 13.7. The fourth-order valence-corrected chi connectivity index (χ4v) is 3.60. The van der Waals surface area contributed by atoms with Gasteiger partial charge in [-0.1, -0.05) is 0 Å². The van der Waals surface area contributed by atoms with Crippen LogP contribution in [-0.4, -0.2) is 59.5 Å². The summed E-state index contributed by atoms with van der Waals surface area (Å²) in [7, 11) is 1.48. The Hall–Kier alpha value is -3.11. The Bertz CT molecular complexity index is 988. The van der Waals surface area contributed by atoms with Crippen molar-refractivity contribution in [2.75, 3.05) is 40.2 Å². The SMILES string of the molecule is COC(=O)c1ccc(NC(=O)CN(C)S(=O)(=O)c2ccc(OC)c(OC)c2)cc1. The van der Waals surface area contributed by atoms with Crippen LogP contribution in [0.5, 0.6) is 11.5 Å². The zero-order valence-electron chi connectivity index (χ0n) is 16.5. The highest BCUT2D eigenvalue weighted by molar-refractivity contribution is 7.89. The third-order valence-corrected chi connectivity index (χ3v) is 5.82. The summed E-state index contributed by atoms with van der Waals surface area (Å²) in [5.74, 6) is -0.384. The van der Waals surface area contributed by atoms with Crippen LogP contribution in [-0.2, 0) is 19.6 Å². The smallest absolute Gasteiger partial charge is 0.337 e. The molecule has 0 bridgehead atoms. The van der Waals surface area contributed by atoms with Crippen LogP contribution in [0.2, 0.25) is 0 Å². The summed E-state index contributed by atoms with van der Waals surface area (Å²) < 4.78 is 41.2. The van der Waals surface area contributed by atoms with Crippen LogP contribution in [0, 0.1) is 0 Å². The number of likely N-dealkylation sites (N-methyl/N-ethyl adjacent to an activating group) is 1. The van der Waals surface area contributed by atoms with Gasteiger partial charge in [-0.3, -0.25) is 4.79 Å². The maximum Gasteiger partial charge on any atom is 0.337 e. The number of anilines is 1. The summed E-state index contributed by atoms with van der Waals surface area (Å²) in [6, 6.07) is 10.2. The predicted octanol–water partition coefficient (Wildman–Crippen LogP) is 1.75. The number of carbonyl (C=O) groups is 2. The van der Waals surface area contributed by atoms with Crippen molar-refractivity contribution in [2.45, 2.75) is 4.90 Å². The summed E-state index contributed by atoms with van der Waals surface area (Å²) in [6.45, 7) is -0.407. The highest BCUT2D eigenvalue weighted by Crippen LogP contribution is 2.30. The van der Waals surface area contributed by atoms with Crippen molar-refractivity contribution < 1.29 is 32.2 Å². The topological polar surface area (TPSA) is 111 Å². The van der Waals surface area contributed by atoms with Gasteiger partial charge in [0, 0.05) is 18.8 Å². The number of nitrogens with zero attached hydrogens (tertiary/aromatic N) is 1. The van der Waals surface area contributed by atoms with Gasteiger partial charge in [0.1, 0.15) is 0 Å². The number of rotatable bonds is 8. The van der Waals surface area contributed by atoms with E-state index in [9.17, 15) is 18.0 Å². The second-order valence-electron chi connectivity index (χ2n) is 5.89. The van der Waals surface area contributed by atoms with Crippen molar-refractivity contribution >= 4 is 27.6 Å². The van der Waals surface area contributed by atoms with Gasteiger partial charge in [0.2, 0.25) is 15.9 Å². The zero-order valence-corrected chi connectivity index (χ0v) is 17.3. The molecular weight excluding hydrogens is 400 g/mol. The van der Waals surface area contributed by atoms with E-state index in [2.05, 4.69) is 10.1 Å². The van der Waals surface area contributed by atoms with Gasteiger partial charge < -0.3 is 19.5 Å². The van der Waals surface area contributed by atoms with Crippen LogP contribution in [0.4, 0.5) is 5.69 Å². The van der Waals surface area contributed by atoms with Crippen LogP contribution in [0.1, 0.15) is 10.4 Å². The molecule has 2 aromatic carbocycles. The van der Waals surface area contributed by atoms with E-state index >= 15 is 0 Å². The fourth-order valence-electron chi connectivity index (χ4n) is 2.45. The Morgan fingerprint density at radius 2 is 1.59 bits per heavy atom. The Labute approximate surface area is 169 Å². The van der Waals surface area contributed by atoms with Gasteiger partial charge in [0.25, 0.3) is 0 Å². The molecule has 0 spiro atoms. The number of amides is 1. The Kier molecular flexibility index (Phi) is 7.18. The number of benzene rings is 2. The van der Waals surface area contributed by atoms with E-state index in [1.165, 1.54) is 70.8 Å². The number of esters is 1. The van der Waals surface area contributed by atoms with Crippen molar-refractivity contribution in [3.63, 3.8) is 0 Å². The monoisotopic (exact) mass is 422 g/mol. The number of hydrogen-bond acceptors (Lipinski definition) is 7. The number of hydrogen-bond donors (Lipinski definition) is 1. The second-order valence-corrected chi connectivity index (χ2v) is 7.94. The molecule has 0 aliphatic carbocycles. The molecule has 0 fully saturated rings. The van der Waals surface area contributed by atoms with Gasteiger partial charge in [0.15, 0.2) is 11.5 Å². The molecule has 29 heavy (non-hydrogen) atoms. The number of sulfonamides is 1. The molecule has 0 aliphatic rings. The molecule has 0 aliphatic heterocycles. The first-order valence-corrected chi connectivity index (χ1v) is 9.83. The third-order valence-electron chi connectivity index (χ3n) is 4.02. The first-order valence-electron chi connectivity index (χ1n) is 8.39. The van der Waals surface area contributed by atoms with E-state index < -0.39 is 28.4 Å². The van der Waals surface area contributed by atoms with E-state index in [-0.39, 0.29) is 10.6 Å². The number of methoxy groups -OCH3 is 3. The van der Waals surface area contributed by atoms with E-state index in [4.69, 9.17) is 9.47 Å². The average molecular weight is 422 g/mol. The molecule has 0 heterocycles. The molecule has 1 amide bonds. The lowest BCUT2D eigenvalue weighted by Gasteiger charge is -2.18. The lowest BCUT2D eigenvalue weighted by atomic mass is 10.2. The van der Waals surface area contributed by atoms with Crippen LogP contribution in [0.25, 0.3) is 0 Å². The summed E-state index contributed by atoms with van der Waals surface area (Å²) in [5.41, 5.74) is 0.748. The highest BCUT2D eigenvalue weighted by Gasteiger charge is 2.24. The summed E-state index contributed by atoms with van der Waals surface area (Å²) >= 11 is 0. The molecular formula is C19H22N2O7S. The van der Waals surface area contributed by atoms with E-state index in [0.717, 1.165) is 4.31 Å². The second kappa shape index (κ2) is 9.39. The van der Waals surface area contributed by atoms with Crippen LogP contribution in [0.3, 0.4) is 0 Å². The van der Waals surface area contributed by atoms with Gasteiger partial charge >= 0.3 is 5.97 Å². The van der Waals surface area contributed by atoms with Crippen molar-refractivity contribution in [3.05, 3.63) is 48.0 Å². The Morgan fingerprint density at radius 3 is 2.14 bits per heavy atom. The molecule has 0 unspecified atom stereocenters. The normalized spacial score (nSPS) is 11.1. The third kappa shape index (κ3) is 5.24. The molecule has 156 valence electrons. The minimum atomic E-state index is -3.93. The van der Waals surface area contributed by atoms with Crippen molar-refractivity contribution in [2.24, 2.45) is 0 Å². The van der Waals surface area contributed by atoms with Crippen LogP contribution in [0.15, 0.2) is 47.4 Å². The van der Waals surface area contributed by atoms with Crippen molar-refractivity contribution in [1.82, 2.24) is 4.31 Å². The molecule has 0 aromatic heterocycles. The maximum absolute atomic E-state index is 12.7. The quantitative estimate of drug-likeness (QED) is 0.645. The number of nitrogens with one attached hydrogen (secondary N) is 1. The molecule has 0 saturated carbocycles. The molecule has 9 nitrogen and oxygen atoms in total. The molecule has 0 atom stereocenters. The number of ether oxygens (including phenoxy) is 3. The summed E-state index contributed by atoms with van der Waals surface area (Å²) in [5, 5.41) is 2.58. The fraction of sp³-hybridized carbons (Fsp3) is 0.263. The maximum atomic E-state index is 12.7. The summed E-state index contributed by atoms with van der Waals surface area (Å²) in [4.78, 5) is 23.6. The molecule has 1 N–H and O–H groups in total. The Morgan fingerprint density at radius 1 is 0.966 bits per heavy atom. The molecule has 0 radical (unpaired) electrons. The first kappa shape index (κ1) is 22.2. The van der Waals surface area contributed by atoms with Gasteiger partial charge in [-0.2, -0.15) is 4.31 Å². The minimum Gasteiger partial charge on any atom is -0.493 e.